The molecule has 3 aliphatic carbocycles. The Bertz CT molecular complexity index is 3420. The van der Waals surface area contributed by atoms with E-state index in [1.807, 2.05) is 0 Å². The van der Waals surface area contributed by atoms with Crippen LogP contribution in [0.15, 0.2) is 224 Å². The van der Waals surface area contributed by atoms with E-state index in [2.05, 4.69) is 229 Å². The molecule has 0 heterocycles. The van der Waals surface area contributed by atoms with Crippen molar-refractivity contribution >= 4 is 38.6 Å². The molecule has 2 saturated carbocycles. The number of anilines is 3. The molecule has 0 saturated heterocycles. The summed E-state index contributed by atoms with van der Waals surface area (Å²) in [6.07, 6.45) is 5.29. The highest BCUT2D eigenvalue weighted by atomic mass is 15.1. The molecule has 0 radical (unpaired) electrons. The van der Waals surface area contributed by atoms with Gasteiger partial charge in [0.15, 0.2) is 0 Å². The molecule has 304 valence electrons. The lowest BCUT2D eigenvalue weighted by Crippen LogP contribution is -2.32. The van der Waals surface area contributed by atoms with Crippen LogP contribution in [-0.4, -0.2) is 0 Å². The highest BCUT2D eigenvalue weighted by Crippen LogP contribution is 2.66. The first kappa shape index (κ1) is 37.1. The Morgan fingerprint density at radius 3 is 1.67 bits per heavy atom. The lowest BCUT2D eigenvalue weighted by Gasteiger charge is -2.37. The summed E-state index contributed by atoms with van der Waals surface area (Å²) in [6.45, 7) is 0. The zero-order valence-corrected chi connectivity index (χ0v) is 35.8. The van der Waals surface area contributed by atoms with Crippen molar-refractivity contribution in [2.24, 2.45) is 11.8 Å². The number of nitrogens with zero attached hydrogens (tertiary/aromatic N) is 1. The largest absolute Gasteiger partial charge is 0.310 e. The second-order valence-corrected chi connectivity index (χ2v) is 18.4. The first-order chi connectivity index (χ1) is 31.7. The smallest absolute Gasteiger partial charge is 0.0540 e. The molecule has 10 aromatic carbocycles. The molecule has 1 spiro atoms. The minimum atomic E-state index is 0.0742. The monoisotopic (exact) mass is 817 g/mol. The lowest BCUT2D eigenvalue weighted by molar-refractivity contribution is 0.327. The van der Waals surface area contributed by atoms with E-state index in [4.69, 9.17) is 0 Å². The molecule has 0 N–H and O–H groups in total. The Hall–Kier alpha value is -7.48. The van der Waals surface area contributed by atoms with Crippen molar-refractivity contribution in [1.82, 2.24) is 0 Å². The van der Waals surface area contributed by atoms with Gasteiger partial charge in [0.25, 0.3) is 0 Å². The van der Waals surface area contributed by atoms with Gasteiger partial charge in [0.05, 0.1) is 5.69 Å². The minimum Gasteiger partial charge on any atom is -0.310 e. The second-order valence-electron chi connectivity index (χ2n) is 18.4. The van der Waals surface area contributed by atoms with Gasteiger partial charge < -0.3 is 4.90 Å². The standard InChI is InChI=1S/C63H47N/c1-2-16-43(17-3-1)49-19-6-7-21-51(49)53-23-9-10-24-54(53)58-27-13-15-29-62(58)64(47-34-31-44(32-35-47)59-39-45-18-4-5-20-50(45)52-22-8-11-25-55(52)59)48-36-37-57-56-26-12-14-28-60(56)63(61(57)40-48)41-42-30-33-46(63)38-42/h1-29,31-32,34-37,39-40,42,46H,30,33,38,41H2. The first-order valence-electron chi connectivity index (χ1n) is 23.1. The molecule has 64 heavy (non-hydrogen) atoms. The Labute approximate surface area is 375 Å². The Kier molecular flexibility index (Phi) is 8.59. The van der Waals surface area contributed by atoms with E-state index in [1.54, 1.807) is 5.56 Å². The van der Waals surface area contributed by atoms with Crippen LogP contribution in [0.3, 0.4) is 0 Å². The summed E-state index contributed by atoms with van der Waals surface area (Å²) in [4.78, 5) is 2.54. The Morgan fingerprint density at radius 2 is 0.922 bits per heavy atom. The number of hydrogen-bond donors (Lipinski definition) is 0. The number of fused-ring (bicyclic) bond motifs is 11. The van der Waals surface area contributed by atoms with E-state index in [0.29, 0.717) is 5.92 Å². The van der Waals surface area contributed by atoms with Crippen LogP contribution in [0.1, 0.15) is 36.8 Å². The zero-order valence-electron chi connectivity index (χ0n) is 35.8. The molecule has 3 atom stereocenters. The highest BCUT2D eigenvalue weighted by molar-refractivity contribution is 6.14. The maximum absolute atomic E-state index is 2.59. The van der Waals surface area contributed by atoms with Gasteiger partial charge >= 0.3 is 0 Å². The molecule has 3 aliphatic rings. The van der Waals surface area contributed by atoms with Gasteiger partial charge in [0, 0.05) is 22.4 Å². The van der Waals surface area contributed by atoms with Gasteiger partial charge in [-0.25, -0.2) is 0 Å². The molecule has 10 aromatic rings. The molecular weight excluding hydrogens is 771 g/mol. The highest BCUT2D eigenvalue weighted by Gasteiger charge is 2.56. The van der Waals surface area contributed by atoms with Crippen LogP contribution in [-0.2, 0) is 5.41 Å². The summed E-state index contributed by atoms with van der Waals surface area (Å²) >= 11 is 0. The lowest BCUT2D eigenvalue weighted by atomic mass is 9.67. The van der Waals surface area contributed by atoms with E-state index >= 15 is 0 Å². The molecule has 2 bridgehead atoms. The van der Waals surface area contributed by atoms with Crippen molar-refractivity contribution in [2.45, 2.75) is 31.1 Å². The molecule has 13 rings (SSSR count). The number of para-hydroxylation sites is 1. The zero-order chi connectivity index (χ0) is 42.2. The summed E-state index contributed by atoms with van der Waals surface area (Å²) in [5.74, 6) is 1.49. The van der Waals surface area contributed by atoms with Crippen molar-refractivity contribution in [3.63, 3.8) is 0 Å². The van der Waals surface area contributed by atoms with Crippen LogP contribution in [0.25, 0.3) is 77.2 Å². The van der Waals surface area contributed by atoms with Crippen LogP contribution < -0.4 is 4.90 Å². The van der Waals surface area contributed by atoms with Crippen molar-refractivity contribution in [2.75, 3.05) is 4.90 Å². The summed E-state index contributed by atoms with van der Waals surface area (Å²) in [6, 6.07) is 83.9. The maximum atomic E-state index is 2.59. The molecule has 0 aromatic heterocycles. The SMILES string of the molecule is c1ccc(-c2ccccc2-c2ccccc2-c2ccccc2N(c2ccc(-c3cc4ccccc4c4ccccc34)cc2)c2ccc3c(c2)C2(CC4CCC2C4)c2ccccc2-3)cc1. The third-order valence-electron chi connectivity index (χ3n) is 15.2. The summed E-state index contributed by atoms with van der Waals surface area (Å²) in [5.41, 5.74) is 19.3. The fraction of sp³-hybridized carbons (Fsp3) is 0.111. The second kappa shape index (κ2) is 14.8. The third kappa shape index (κ3) is 5.70. The molecule has 1 nitrogen and oxygen atoms in total. The number of rotatable bonds is 7. The van der Waals surface area contributed by atoms with Gasteiger partial charge in [-0.05, 0) is 150 Å². The minimum absolute atomic E-state index is 0.0742. The Morgan fingerprint density at radius 1 is 0.359 bits per heavy atom. The molecule has 0 aliphatic heterocycles. The average molecular weight is 818 g/mol. The predicted octanol–water partition coefficient (Wildman–Crippen LogP) is 17.2. The summed E-state index contributed by atoms with van der Waals surface area (Å²) < 4.78 is 0. The van der Waals surface area contributed by atoms with Gasteiger partial charge in [-0.15, -0.1) is 0 Å². The van der Waals surface area contributed by atoms with Crippen molar-refractivity contribution in [3.8, 4) is 55.6 Å². The molecular formula is C63H47N. The molecule has 3 unspecified atom stereocenters. The normalized spacial score (nSPS) is 18.1. The van der Waals surface area contributed by atoms with E-state index in [9.17, 15) is 0 Å². The molecule has 0 amide bonds. The fourth-order valence-corrected chi connectivity index (χ4v) is 12.5. The van der Waals surface area contributed by atoms with Gasteiger partial charge in [0.2, 0.25) is 0 Å². The van der Waals surface area contributed by atoms with Crippen LogP contribution >= 0.6 is 0 Å². The topological polar surface area (TPSA) is 3.24 Å². The summed E-state index contributed by atoms with van der Waals surface area (Å²) in [5, 5.41) is 5.12. The first-order valence-corrected chi connectivity index (χ1v) is 23.1. The van der Waals surface area contributed by atoms with Crippen molar-refractivity contribution < 1.29 is 0 Å². The molecule has 1 heteroatoms. The van der Waals surface area contributed by atoms with Crippen molar-refractivity contribution in [1.29, 1.82) is 0 Å². The average Bonchev–Trinajstić information content (AvgIpc) is 4.07. The quantitative estimate of drug-likeness (QED) is 0.145. The van der Waals surface area contributed by atoms with E-state index < -0.39 is 0 Å². The number of hydrogen-bond acceptors (Lipinski definition) is 1. The molecule has 2 fully saturated rings. The van der Waals surface area contributed by atoms with Gasteiger partial charge in [-0.3, -0.25) is 0 Å². The Balaban J connectivity index is 1.01. The van der Waals surface area contributed by atoms with Crippen LogP contribution in [0, 0.1) is 11.8 Å². The predicted molar refractivity (Wildman–Crippen MR) is 270 cm³/mol. The third-order valence-corrected chi connectivity index (χ3v) is 15.2. The van der Waals surface area contributed by atoms with E-state index in [0.717, 1.165) is 17.3 Å². The fourth-order valence-electron chi connectivity index (χ4n) is 12.5. The maximum Gasteiger partial charge on any atom is 0.0540 e. The van der Waals surface area contributed by atoms with E-state index in [1.165, 1.54) is 114 Å². The van der Waals surface area contributed by atoms with Gasteiger partial charge in [-0.1, -0.05) is 194 Å². The van der Waals surface area contributed by atoms with Crippen LogP contribution in [0.4, 0.5) is 17.1 Å². The van der Waals surface area contributed by atoms with Crippen LogP contribution in [0.5, 0.6) is 0 Å². The van der Waals surface area contributed by atoms with Gasteiger partial charge in [0.1, 0.15) is 0 Å². The van der Waals surface area contributed by atoms with Crippen LogP contribution in [0.2, 0.25) is 0 Å². The van der Waals surface area contributed by atoms with E-state index in [-0.39, 0.29) is 5.41 Å². The summed E-state index contributed by atoms with van der Waals surface area (Å²) in [7, 11) is 0. The van der Waals surface area contributed by atoms with Crippen molar-refractivity contribution in [3.05, 3.63) is 236 Å². The van der Waals surface area contributed by atoms with Gasteiger partial charge in [-0.2, -0.15) is 0 Å². The number of benzene rings is 10.